The number of carbonyl (C=O) groups is 1. The number of benzene rings is 1. The molecule has 4 heterocycles. The molecule has 0 saturated heterocycles. The van der Waals surface area contributed by atoms with Gasteiger partial charge in [0.25, 0.3) is 11.5 Å². The lowest BCUT2D eigenvalue weighted by atomic mass is 10.0. The van der Waals surface area contributed by atoms with Crippen molar-refractivity contribution >= 4 is 33.1 Å². The van der Waals surface area contributed by atoms with Crippen LogP contribution in [0, 0.1) is 6.92 Å². The zero-order chi connectivity index (χ0) is 19.3. The Kier molecular flexibility index (Phi) is 4.31. The highest BCUT2D eigenvalue weighted by molar-refractivity contribution is 7.20. The van der Waals surface area contributed by atoms with Crippen LogP contribution in [0.1, 0.15) is 52.3 Å². The smallest absolute Gasteiger partial charge is 0.268 e. The van der Waals surface area contributed by atoms with Gasteiger partial charge in [0.15, 0.2) is 0 Å². The maximum atomic E-state index is 13.4. The molecule has 2 aliphatic heterocycles. The molecule has 0 fully saturated rings. The first-order valence-electron chi connectivity index (χ1n) is 10.1. The van der Waals surface area contributed by atoms with Crippen LogP contribution < -0.4 is 10.5 Å². The Morgan fingerprint density at radius 1 is 1.07 bits per heavy atom. The molecule has 5 rings (SSSR count). The highest BCUT2D eigenvalue weighted by Gasteiger charge is 2.28. The van der Waals surface area contributed by atoms with Gasteiger partial charge < -0.3 is 4.90 Å². The average Bonchev–Trinajstić information content (AvgIpc) is 2.88. The molecule has 2 aromatic heterocycles. The Morgan fingerprint density at radius 2 is 1.93 bits per heavy atom. The van der Waals surface area contributed by atoms with E-state index < -0.39 is 0 Å². The fourth-order valence-corrected chi connectivity index (χ4v) is 5.62. The molecular formula is C22H23N3O2S. The van der Waals surface area contributed by atoms with E-state index in [1.54, 1.807) is 0 Å². The van der Waals surface area contributed by atoms with Gasteiger partial charge in [0.05, 0.1) is 10.3 Å². The minimum Gasteiger partial charge on any atom is -0.307 e. The topological polar surface area (TPSA) is 55.2 Å². The number of aromatic nitrogens is 2. The van der Waals surface area contributed by atoms with Crippen LogP contribution in [0.2, 0.25) is 0 Å². The van der Waals surface area contributed by atoms with Gasteiger partial charge in [-0.25, -0.2) is 4.98 Å². The minimum absolute atomic E-state index is 0.00718. The monoisotopic (exact) mass is 393 g/mol. The SMILES string of the molecule is Cc1c(C(=O)N2CCCc3ccccc32)sc2nc3n(c(=O)c12)CCCCC3. The van der Waals surface area contributed by atoms with Gasteiger partial charge in [-0.3, -0.25) is 14.2 Å². The number of hydrogen-bond donors (Lipinski definition) is 0. The van der Waals surface area contributed by atoms with Gasteiger partial charge in [-0.2, -0.15) is 0 Å². The molecule has 0 aliphatic carbocycles. The fraction of sp³-hybridized carbons (Fsp3) is 0.409. The molecule has 0 unspecified atom stereocenters. The normalized spacial score (nSPS) is 16.5. The van der Waals surface area contributed by atoms with Gasteiger partial charge >= 0.3 is 0 Å². The summed E-state index contributed by atoms with van der Waals surface area (Å²) < 4.78 is 1.83. The molecule has 144 valence electrons. The first-order valence-corrected chi connectivity index (χ1v) is 10.9. The van der Waals surface area contributed by atoms with Gasteiger partial charge in [0.2, 0.25) is 0 Å². The van der Waals surface area contributed by atoms with E-state index in [-0.39, 0.29) is 11.5 Å². The third-order valence-electron chi connectivity index (χ3n) is 5.96. The van der Waals surface area contributed by atoms with Crippen molar-refractivity contribution in [1.82, 2.24) is 9.55 Å². The van der Waals surface area contributed by atoms with E-state index in [2.05, 4.69) is 6.07 Å². The summed E-state index contributed by atoms with van der Waals surface area (Å²) >= 11 is 1.38. The van der Waals surface area contributed by atoms with E-state index >= 15 is 0 Å². The van der Waals surface area contributed by atoms with E-state index in [4.69, 9.17) is 4.98 Å². The molecule has 1 aromatic carbocycles. The Hall–Kier alpha value is -2.47. The molecule has 0 N–H and O–H groups in total. The molecule has 6 heteroatoms. The van der Waals surface area contributed by atoms with Crippen LogP contribution in [0.5, 0.6) is 0 Å². The van der Waals surface area contributed by atoms with Crippen molar-refractivity contribution in [2.75, 3.05) is 11.4 Å². The van der Waals surface area contributed by atoms with Crippen molar-refractivity contribution in [2.45, 2.75) is 52.0 Å². The molecule has 28 heavy (non-hydrogen) atoms. The number of anilines is 1. The first kappa shape index (κ1) is 17.6. The third kappa shape index (κ3) is 2.70. The number of aryl methyl sites for hydroxylation is 3. The molecule has 0 bridgehead atoms. The van der Waals surface area contributed by atoms with Crippen LogP contribution in [0.15, 0.2) is 29.1 Å². The Balaban J connectivity index is 1.63. The van der Waals surface area contributed by atoms with Crippen LogP contribution in [-0.2, 0) is 19.4 Å². The van der Waals surface area contributed by atoms with Crippen LogP contribution in [0.4, 0.5) is 5.69 Å². The highest BCUT2D eigenvalue weighted by Crippen LogP contribution is 2.33. The summed E-state index contributed by atoms with van der Waals surface area (Å²) in [5.74, 6) is 0.866. The first-order chi connectivity index (χ1) is 13.6. The molecule has 0 radical (unpaired) electrons. The van der Waals surface area contributed by atoms with E-state index in [0.717, 1.165) is 62.1 Å². The zero-order valence-electron chi connectivity index (χ0n) is 16.0. The van der Waals surface area contributed by atoms with Gasteiger partial charge in [0, 0.05) is 25.2 Å². The summed E-state index contributed by atoms with van der Waals surface area (Å²) in [5.41, 5.74) is 3.01. The summed E-state index contributed by atoms with van der Waals surface area (Å²) in [6, 6.07) is 8.12. The molecule has 3 aromatic rings. The van der Waals surface area contributed by atoms with Crippen molar-refractivity contribution in [3.8, 4) is 0 Å². The average molecular weight is 394 g/mol. The second kappa shape index (κ2) is 6.85. The highest BCUT2D eigenvalue weighted by atomic mass is 32.1. The second-order valence-electron chi connectivity index (χ2n) is 7.72. The van der Waals surface area contributed by atoms with Crippen LogP contribution in [0.3, 0.4) is 0 Å². The zero-order valence-corrected chi connectivity index (χ0v) is 16.8. The maximum Gasteiger partial charge on any atom is 0.268 e. The van der Waals surface area contributed by atoms with Gasteiger partial charge in [-0.1, -0.05) is 24.6 Å². The fourth-order valence-electron chi connectivity index (χ4n) is 4.48. The summed E-state index contributed by atoms with van der Waals surface area (Å²) in [6.07, 6.45) is 6.01. The standard InChI is InChI=1S/C22H23N3O2S/c1-14-18-20(23-17-11-3-2-6-12-25(17)21(18)26)28-19(14)22(27)24-13-7-9-15-8-4-5-10-16(15)24/h4-5,8,10H,2-3,6-7,9,11-13H2,1H3. The number of carbonyl (C=O) groups excluding carboxylic acids is 1. The number of nitrogens with zero attached hydrogens (tertiary/aromatic N) is 3. The number of para-hydroxylation sites is 1. The van der Waals surface area contributed by atoms with Gasteiger partial charge in [0.1, 0.15) is 10.7 Å². The lowest BCUT2D eigenvalue weighted by Crippen LogP contribution is -2.35. The third-order valence-corrected chi connectivity index (χ3v) is 7.13. The molecular weight excluding hydrogens is 370 g/mol. The van der Waals surface area contributed by atoms with E-state index in [0.29, 0.717) is 21.6 Å². The second-order valence-corrected chi connectivity index (χ2v) is 8.72. The number of amides is 1. The predicted molar refractivity (Wildman–Crippen MR) is 113 cm³/mol. The lowest BCUT2D eigenvalue weighted by molar-refractivity contribution is 0.0988. The summed E-state index contributed by atoms with van der Waals surface area (Å²) in [4.78, 5) is 34.6. The quantitative estimate of drug-likeness (QED) is 0.626. The van der Waals surface area contributed by atoms with Gasteiger partial charge in [-0.15, -0.1) is 11.3 Å². The molecule has 2 aliphatic rings. The number of hydrogen-bond acceptors (Lipinski definition) is 4. The summed E-state index contributed by atoms with van der Waals surface area (Å²) in [7, 11) is 0. The van der Waals surface area contributed by atoms with Crippen molar-refractivity contribution in [1.29, 1.82) is 0 Å². The summed E-state index contributed by atoms with van der Waals surface area (Å²) in [5, 5.41) is 0.629. The maximum absolute atomic E-state index is 13.4. The molecule has 0 saturated carbocycles. The number of fused-ring (bicyclic) bond motifs is 3. The van der Waals surface area contributed by atoms with Crippen LogP contribution in [0.25, 0.3) is 10.2 Å². The van der Waals surface area contributed by atoms with E-state index in [1.807, 2.05) is 34.6 Å². The number of thiophene rings is 1. The van der Waals surface area contributed by atoms with Crippen molar-refractivity contribution < 1.29 is 4.79 Å². The lowest BCUT2D eigenvalue weighted by Gasteiger charge is -2.29. The van der Waals surface area contributed by atoms with Crippen LogP contribution in [-0.4, -0.2) is 22.0 Å². The van der Waals surface area contributed by atoms with Crippen molar-refractivity contribution in [3.05, 3.63) is 56.4 Å². The Bertz CT molecular complexity index is 1140. The molecule has 1 amide bonds. The van der Waals surface area contributed by atoms with E-state index in [9.17, 15) is 9.59 Å². The van der Waals surface area contributed by atoms with E-state index in [1.165, 1.54) is 16.9 Å². The summed E-state index contributed by atoms with van der Waals surface area (Å²) in [6.45, 7) is 3.34. The van der Waals surface area contributed by atoms with Crippen molar-refractivity contribution in [2.24, 2.45) is 0 Å². The van der Waals surface area contributed by atoms with Crippen molar-refractivity contribution in [3.63, 3.8) is 0 Å². The van der Waals surface area contributed by atoms with Gasteiger partial charge in [-0.05, 0) is 49.8 Å². The van der Waals surface area contributed by atoms with Crippen LogP contribution >= 0.6 is 11.3 Å². The minimum atomic E-state index is -0.00718. The Morgan fingerprint density at radius 3 is 2.82 bits per heavy atom. The number of rotatable bonds is 1. The molecule has 0 spiro atoms. The molecule has 5 nitrogen and oxygen atoms in total. The Labute approximate surface area is 167 Å². The predicted octanol–water partition coefficient (Wildman–Crippen LogP) is 4.09. The largest absolute Gasteiger partial charge is 0.307 e. The molecule has 0 atom stereocenters.